The molecule has 7 heteroatoms. The number of benzene rings is 2. The number of carbonyl (C=O) groups excluding carboxylic acids is 1. The van der Waals surface area contributed by atoms with E-state index in [1.54, 1.807) is 24.3 Å². The lowest BCUT2D eigenvalue weighted by Crippen LogP contribution is -2.34. The van der Waals surface area contributed by atoms with E-state index in [4.69, 9.17) is 11.6 Å². The minimum Gasteiger partial charge on any atom is -0.325 e. The molecule has 1 N–H and O–H groups in total. The van der Waals surface area contributed by atoms with Gasteiger partial charge in [-0.05, 0) is 36.6 Å². The minimum atomic E-state index is -3.52. The van der Waals surface area contributed by atoms with Crippen molar-refractivity contribution in [2.24, 2.45) is 0 Å². The van der Waals surface area contributed by atoms with Gasteiger partial charge in [0, 0.05) is 13.0 Å². The Morgan fingerprint density at radius 2 is 1.85 bits per heavy atom. The summed E-state index contributed by atoms with van der Waals surface area (Å²) in [7, 11) is -3.52. The van der Waals surface area contributed by atoms with Crippen LogP contribution in [-0.2, 0) is 21.2 Å². The quantitative estimate of drug-likeness (QED) is 0.771. The number of aryl methyl sites for hydroxylation is 2. The van der Waals surface area contributed by atoms with Gasteiger partial charge in [-0.1, -0.05) is 48.9 Å². The number of hydrogen-bond acceptors (Lipinski definition) is 3. The molecule has 0 aliphatic heterocycles. The average Bonchev–Trinajstić information content (AvgIpc) is 2.57. The maximum absolute atomic E-state index is 12.4. The van der Waals surface area contributed by atoms with Crippen molar-refractivity contribution in [1.82, 2.24) is 0 Å². The molecule has 0 aliphatic rings. The van der Waals surface area contributed by atoms with Crippen LogP contribution < -0.4 is 9.62 Å². The summed E-state index contributed by atoms with van der Waals surface area (Å²) < 4.78 is 26.0. The second-order valence-electron chi connectivity index (χ2n) is 6.05. The third-order valence-electron chi connectivity index (χ3n) is 4.04. The highest BCUT2D eigenvalue weighted by Crippen LogP contribution is 2.28. The van der Waals surface area contributed by atoms with Gasteiger partial charge in [-0.15, -0.1) is 0 Å². The molecule has 1 amide bonds. The molecule has 2 aromatic carbocycles. The van der Waals surface area contributed by atoms with Crippen molar-refractivity contribution in [3.63, 3.8) is 0 Å². The van der Waals surface area contributed by atoms with Crippen molar-refractivity contribution in [3.05, 3.63) is 58.6 Å². The Morgan fingerprint density at radius 1 is 1.15 bits per heavy atom. The number of para-hydroxylation sites is 2. The van der Waals surface area contributed by atoms with Crippen LogP contribution in [0.15, 0.2) is 42.5 Å². The minimum absolute atomic E-state index is 0.0236. The van der Waals surface area contributed by atoms with Gasteiger partial charge >= 0.3 is 0 Å². The Bertz CT molecular complexity index is 897. The molecule has 140 valence electrons. The summed E-state index contributed by atoms with van der Waals surface area (Å²) in [6.45, 7) is 3.91. The van der Waals surface area contributed by atoms with Crippen molar-refractivity contribution in [1.29, 1.82) is 0 Å². The van der Waals surface area contributed by atoms with Gasteiger partial charge in [0.2, 0.25) is 15.9 Å². The predicted octanol–water partition coefficient (Wildman–Crippen LogP) is 4.01. The Kier molecular flexibility index (Phi) is 6.67. The Hall–Kier alpha value is -2.05. The van der Waals surface area contributed by atoms with E-state index in [-0.39, 0.29) is 18.9 Å². The number of amides is 1. The van der Waals surface area contributed by atoms with Crippen LogP contribution >= 0.6 is 11.6 Å². The monoisotopic (exact) mass is 394 g/mol. The summed E-state index contributed by atoms with van der Waals surface area (Å²) in [5.74, 6) is -0.293. The fraction of sp³-hybridized carbons (Fsp3) is 0.316. The van der Waals surface area contributed by atoms with Gasteiger partial charge in [-0.2, -0.15) is 0 Å². The summed E-state index contributed by atoms with van der Waals surface area (Å²) in [6.07, 6.45) is 1.88. The molecule has 0 radical (unpaired) electrons. The lowest BCUT2D eigenvalue weighted by Gasteiger charge is -2.26. The second-order valence-corrected chi connectivity index (χ2v) is 8.36. The molecule has 2 rings (SSSR count). The second kappa shape index (κ2) is 8.56. The zero-order valence-corrected chi connectivity index (χ0v) is 16.7. The molecule has 0 saturated carbocycles. The topological polar surface area (TPSA) is 66.5 Å². The number of halogens is 1. The van der Waals surface area contributed by atoms with Crippen molar-refractivity contribution in [2.75, 3.05) is 22.4 Å². The molecule has 26 heavy (non-hydrogen) atoms. The van der Waals surface area contributed by atoms with E-state index in [0.717, 1.165) is 17.4 Å². The van der Waals surface area contributed by atoms with Crippen LogP contribution in [0.4, 0.5) is 11.4 Å². The number of rotatable bonds is 7. The van der Waals surface area contributed by atoms with Gasteiger partial charge < -0.3 is 5.32 Å². The van der Waals surface area contributed by atoms with E-state index in [0.29, 0.717) is 22.8 Å². The van der Waals surface area contributed by atoms with Crippen LogP contribution in [0.1, 0.15) is 24.5 Å². The van der Waals surface area contributed by atoms with Crippen LogP contribution in [0.2, 0.25) is 5.02 Å². The number of anilines is 2. The third-order valence-corrected chi connectivity index (χ3v) is 5.54. The van der Waals surface area contributed by atoms with Gasteiger partial charge in [0.1, 0.15) is 0 Å². The number of hydrogen-bond donors (Lipinski definition) is 1. The molecule has 0 saturated heterocycles. The first-order chi connectivity index (χ1) is 12.2. The first-order valence-electron chi connectivity index (χ1n) is 8.34. The van der Waals surface area contributed by atoms with Crippen LogP contribution in [0.25, 0.3) is 0 Å². The normalized spacial score (nSPS) is 11.2. The summed E-state index contributed by atoms with van der Waals surface area (Å²) in [5.41, 5.74) is 2.96. The van der Waals surface area contributed by atoms with Crippen molar-refractivity contribution in [3.8, 4) is 0 Å². The van der Waals surface area contributed by atoms with Gasteiger partial charge in [0.05, 0.1) is 22.7 Å². The molecule has 0 aliphatic carbocycles. The summed E-state index contributed by atoms with van der Waals surface area (Å²) >= 11 is 6.04. The molecule has 0 bridgehead atoms. The highest BCUT2D eigenvalue weighted by Gasteiger charge is 2.22. The molecular weight excluding hydrogens is 372 g/mol. The standard InChI is InChI=1S/C19H23ClN2O3S/c1-4-15-9-7-8-14(2)19(15)22(26(3,24)25)13-12-18(23)21-17-11-6-5-10-16(17)20/h5-11H,4,12-13H2,1-3H3,(H,21,23). The van der Waals surface area contributed by atoms with Gasteiger partial charge in [0.15, 0.2) is 0 Å². The van der Waals surface area contributed by atoms with E-state index < -0.39 is 10.0 Å². The molecular formula is C19H23ClN2O3S. The fourth-order valence-corrected chi connectivity index (χ4v) is 3.98. The fourth-order valence-electron chi connectivity index (χ4n) is 2.78. The number of carbonyl (C=O) groups is 1. The molecule has 0 fully saturated rings. The number of nitrogens with zero attached hydrogens (tertiary/aromatic N) is 1. The van der Waals surface area contributed by atoms with E-state index in [1.165, 1.54) is 4.31 Å². The van der Waals surface area contributed by atoms with E-state index in [2.05, 4.69) is 5.32 Å². The SMILES string of the molecule is CCc1cccc(C)c1N(CCC(=O)Nc1ccccc1Cl)S(C)(=O)=O. The van der Waals surface area contributed by atoms with Crippen LogP contribution in [0.3, 0.4) is 0 Å². The highest BCUT2D eigenvalue weighted by atomic mass is 35.5. The summed E-state index contributed by atoms with van der Waals surface area (Å²) in [6, 6.07) is 12.6. The maximum atomic E-state index is 12.4. The summed E-state index contributed by atoms with van der Waals surface area (Å²) in [5, 5.41) is 3.16. The predicted molar refractivity (Wildman–Crippen MR) is 107 cm³/mol. The maximum Gasteiger partial charge on any atom is 0.232 e. The molecule has 0 unspecified atom stereocenters. The average molecular weight is 395 g/mol. The van der Waals surface area contributed by atoms with Gasteiger partial charge in [-0.3, -0.25) is 9.10 Å². The third kappa shape index (κ3) is 4.99. The van der Waals surface area contributed by atoms with Gasteiger partial charge in [-0.25, -0.2) is 8.42 Å². The Labute approximate surface area is 160 Å². The van der Waals surface area contributed by atoms with E-state index in [9.17, 15) is 13.2 Å². The lowest BCUT2D eigenvalue weighted by atomic mass is 10.1. The lowest BCUT2D eigenvalue weighted by molar-refractivity contribution is -0.116. The number of sulfonamides is 1. The van der Waals surface area contributed by atoms with Crippen molar-refractivity contribution in [2.45, 2.75) is 26.7 Å². The molecule has 0 atom stereocenters. The van der Waals surface area contributed by atoms with Crippen LogP contribution in [0, 0.1) is 6.92 Å². The van der Waals surface area contributed by atoms with Crippen molar-refractivity contribution < 1.29 is 13.2 Å². The molecule has 0 heterocycles. The number of nitrogens with one attached hydrogen (secondary N) is 1. The highest BCUT2D eigenvalue weighted by molar-refractivity contribution is 7.92. The molecule has 2 aromatic rings. The molecule has 5 nitrogen and oxygen atoms in total. The van der Waals surface area contributed by atoms with Crippen LogP contribution in [0.5, 0.6) is 0 Å². The van der Waals surface area contributed by atoms with E-state index >= 15 is 0 Å². The zero-order valence-electron chi connectivity index (χ0n) is 15.1. The largest absolute Gasteiger partial charge is 0.325 e. The first kappa shape index (κ1) is 20.3. The zero-order chi connectivity index (χ0) is 19.3. The molecule has 0 spiro atoms. The summed E-state index contributed by atoms with van der Waals surface area (Å²) in [4.78, 5) is 12.3. The van der Waals surface area contributed by atoms with E-state index in [1.807, 2.05) is 32.0 Å². The smallest absolute Gasteiger partial charge is 0.232 e. The van der Waals surface area contributed by atoms with Crippen LogP contribution in [-0.4, -0.2) is 27.1 Å². The molecule has 0 aromatic heterocycles. The Balaban J connectivity index is 2.21. The first-order valence-corrected chi connectivity index (χ1v) is 10.6. The Morgan fingerprint density at radius 3 is 2.46 bits per heavy atom. The van der Waals surface area contributed by atoms with Crippen molar-refractivity contribution >= 4 is 38.9 Å². The van der Waals surface area contributed by atoms with Gasteiger partial charge in [0.25, 0.3) is 0 Å².